The Kier molecular flexibility index (Phi) is 5.18. The van der Waals surface area contributed by atoms with Gasteiger partial charge in [-0.05, 0) is 24.0 Å². The molecule has 1 aromatic heterocycles. The minimum Gasteiger partial charge on any atom is -0.385 e. The molecule has 0 unspecified atom stereocenters. The zero-order chi connectivity index (χ0) is 14.4. The molecule has 0 fully saturated rings. The van der Waals surface area contributed by atoms with Crippen molar-refractivity contribution < 1.29 is 4.74 Å². The highest BCUT2D eigenvalue weighted by atomic mass is 16.5. The van der Waals surface area contributed by atoms with Gasteiger partial charge in [0.25, 0.3) is 0 Å². The van der Waals surface area contributed by atoms with Gasteiger partial charge < -0.3 is 14.6 Å². The molecule has 0 aliphatic rings. The third-order valence-electron chi connectivity index (χ3n) is 3.29. The quantitative estimate of drug-likeness (QED) is 0.780. The molecule has 0 bridgehead atoms. The second-order valence-electron chi connectivity index (χ2n) is 5.16. The highest BCUT2D eigenvalue weighted by Crippen LogP contribution is 2.26. The van der Waals surface area contributed by atoms with E-state index in [0.717, 1.165) is 31.2 Å². The largest absolute Gasteiger partial charge is 0.385 e. The number of para-hydroxylation sites is 1. The third kappa shape index (κ3) is 3.61. The molecule has 0 amide bonds. The molecule has 1 heterocycles. The number of anilines is 2. The molecule has 2 rings (SSSR count). The van der Waals surface area contributed by atoms with Crippen LogP contribution in [0.25, 0.3) is 0 Å². The predicted octanol–water partition coefficient (Wildman–Crippen LogP) is 3.79. The minimum atomic E-state index is 0.482. The summed E-state index contributed by atoms with van der Waals surface area (Å²) in [5.41, 5.74) is 2.43. The summed E-state index contributed by atoms with van der Waals surface area (Å²) in [6.07, 6.45) is 4.80. The number of aryl methyl sites for hydroxylation is 1. The van der Waals surface area contributed by atoms with Gasteiger partial charge in [0.15, 0.2) is 0 Å². The molecule has 1 aromatic carbocycles. The highest BCUT2D eigenvalue weighted by molar-refractivity contribution is 5.59. The molecule has 2 aromatic rings. The summed E-state index contributed by atoms with van der Waals surface area (Å²) in [6, 6.07) is 8.38. The van der Waals surface area contributed by atoms with E-state index in [0.29, 0.717) is 5.92 Å². The molecule has 0 saturated carbocycles. The average Bonchev–Trinajstić information content (AvgIpc) is 2.87. The fourth-order valence-corrected chi connectivity index (χ4v) is 2.23. The van der Waals surface area contributed by atoms with Crippen LogP contribution in [-0.4, -0.2) is 23.3 Å². The van der Waals surface area contributed by atoms with E-state index in [1.54, 1.807) is 7.11 Å². The van der Waals surface area contributed by atoms with Crippen molar-refractivity contribution in [1.82, 2.24) is 9.55 Å². The number of ether oxygens (including phenoxy) is 1. The van der Waals surface area contributed by atoms with Crippen molar-refractivity contribution in [2.24, 2.45) is 0 Å². The summed E-state index contributed by atoms with van der Waals surface area (Å²) >= 11 is 0. The van der Waals surface area contributed by atoms with Crippen LogP contribution in [0.4, 0.5) is 11.6 Å². The Morgan fingerprint density at radius 3 is 2.85 bits per heavy atom. The van der Waals surface area contributed by atoms with Crippen molar-refractivity contribution in [3.8, 4) is 0 Å². The van der Waals surface area contributed by atoms with Gasteiger partial charge in [-0.15, -0.1) is 0 Å². The summed E-state index contributed by atoms with van der Waals surface area (Å²) in [5.74, 6) is 1.37. The van der Waals surface area contributed by atoms with Crippen LogP contribution in [0, 0.1) is 0 Å². The van der Waals surface area contributed by atoms with Gasteiger partial charge in [0.1, 0.15) is 0 Å². The smallest absolute Gasteiger partial charge is 0.207 e. The molecule has 0 spiro atoms. The minimum absolute atomic E-state index is 0.482. The number of imidazole rings is 1. The average molecular weight is 273 g/mol. The number of benzene rings is 1. The topological polar surface area (TPSA) is 39.1 Å². The van der Waals surface area contributed by atoms with Crippen LogP contribution in [-0.2, 0) is 11.3 Å². The van der Waals surface area contributed by atoms with E-state index in [1.807, 2.05) is 18.5 Å². The van der Waals surface area contributed by atoms with E-state index in [9.17, 15) is 0 Å². The number of hydrogen-bond acceptors (Lipinski definition) is 3. The van der Waals surface area contributed by atoms with Crippen molar-refractivity contribution >= 4 is 11.6 Å². The maximum absolute atomic E-state index is 5.09. The van der Waals surface area contributed by atoms with Gasteiger partial charge in [0, 0.05) is 38.3 Å². The SMILES string of the molecule is COCCCn1ccnc1Nc1ccccc1C(C)C. The zero-order valence-corrected chi connectivity index (χ0v) is 12.5. The van der Waals surface area contributed by atoms with Gasteiger partial charge >= 0.3 is 0 Å². The van der Waals surface area contributed by atoms with E-state index >= 15 is 0 Å². The number of methoxy groups -OCH3 is 1. The molecule has 108 valence electrons. The Hall–Kier alpha value is -1.81. The van der Waals surface area contributed by atoms with Crippen molar-refractivity contribution in [2.75, 3.05) is 19.0 Å². The van der Waals surface area contributed by atoms with Gasteiger partial charge in [-0.2, -0.15) is 0 Å². The molecule has 0 radical (unpaired) electrons. The van der Waals surface area contributed by atoms with E-state index in [2.05, 4.69) is 46.9 Å². The predicted molar refractivity (Wildman–Crippen MR) is 82.5 cm³/mol. The maximum atomic E-state index is 5.09. The Bertz CT molecular complexity index is 534. The molecular formula is C16H23N3O. The Morgan fingerprint density at radius 1 is 1.30 bits per heavy atom. The first-order chi connectivity index (χ1) is 9.72. The van der Waals surface area contributed by atoms with E-state index in [-0.39, 0.29) is 0 Å². The number of aromatic nitrogens is 2. The second kappa shape index (κ2) is 7.10. The number of nitrogens with one attached hydrogen (secondary N) is 1. The Balaban J connectivity index is 2.12. The summed E-state index contributed by atoms with van der Waals surface area (Å²) < 4.78 is 7.22. The molecule has 4 nitrogen and oxygen atoms in total. The van der Waals surface area contributed by atoms with Gasteiger partial charge in [0.05, 0.1) is 0 Å². The van der Waals surface area contributed by atoms with Gasteiger partial charge in [-0.25, -0.2) is 4.98 Å². The van der Waals surface area contributed by atoms with E-state index in [4.69, 9.17) is 4.74 Å². The number of nitrogens with zero attached hydrogens (tertiary/aromatic N) is 2. The van der Waals surface area contributed by atoms with Crippen molar-refractivity contribution in [1.29, 1.82) is 0 Å². The number of hydrogen-bond donors (Lipinski definition) is 1. The standard InChI is InChI=1S/C16H23N3O/c1-13(2)14-7-4-5-8-15(14)18-16-17-9-11-19(16)10-6-12-20-3/h4-5,7-9,11,13H,6,10,12H2,1-3H3,(H,17,18). The molecule has 0 atom stereocenters. The molecule has 0 aliphatic carbocycles. The fourth-order valence-electron chi connectivity index (χ4n) is 2.23. The van der Waals surface area contributed by atoms with Crippen LogP contribution >= 0.6 is 0 Å². The second-order valence-corrected chi connectivity index (χ2v) is 5.16. The Morgan fingerprint density at radius 2 is 2.10 bits per heavy atom. The van der Waals surface area contributed by atoms with E-state index < -0.39 is 0 Å². The third-order valence-corrected chi connectivity index (χ3v) is 3.29. The molecule has 4 heteroatoms. The van der Waals surface area contributed by atoms with Crippen LogP contribution in [0.1, 0.15) is 31.7 Å². The van der Waals surface area contributed by atoms with Crippen LogP contribution in [0.15, 0.2) is 36.7 Å². The first kappa shape index (κ1) is 14.6. The summed E-state index contributed by atoms with van der Waals surface area (Å²) in [4.78, 5) is 4.40. The van der Waals surface area contributed by atoms with Crippen LogP contribution in [0.2, 0.25) is 0 Å². The molecule has 0 aliphatic heterocycles. The zero-order valence-electron chi connectivity index (χ0n) is 12.5. The summed E-state index contributed by atoms with van der Waals surface area (Å²) in [5, 5.41) is 3.44. The van der Waals surface area contributed by atoms with Gasteiger partial charge in [-0.1, -0.05) is 32.0 Å². The lowest BCUT2D eigenvalue weighted by Crippen LogP contribution is -2.06. The van der Waals surface area contributed by atoms with Crippen LogP contribution < -0.4 is 5.32 Å². The molecule has 0 saturated heterocycles. The first-order valence-electron chi connectivity index (χ1n) is 7.08. The van der Waals surface area contributed by atoms with Crippen LogP contribution in [0.3, 0.4) is 0 Å². The first-order valence-corrected chi connectivity index (χ1v) is 7.08. The van der Waals surface area contributed by atoms with E-state index in [1.165, 1.54) is 5.56 Å². The summed E-state index contributed by atoms with van der Waals surface area (Å²) in [6.45, 7) is 6.07. The van der Waals surface area contributed by atoms with Crippen LogP contribution in [0.5, 0.6) is 0 Å². The lowest BCUT2D eigenvalue weighted by molar-refractivity contribution is 0.190. The molecule has 20 heavy (non-hydrogen) atoms. The van der Waals surface area contributed by atoms with Crippen molar-refractivity contribution in [3.05, 3.63) is 42.2 Å². The normalized spacial score (nSPS) is 11.0. The number of rotatable bonds is 7. The lowest BCUT2D eigenvalue weighted by Gasteiger charge is -2.15. The summed E-state index contributed by atoms with van der Waals surface area (Å²) in [7, 11) is 1.73. The van der Waals surface area contributed by atoms with Gasteiger partial charge in [-0.3, -0.25) is 0 Å². The lowest BCUT2D eigenvalue weighted by atomic mass is 10.0. The Labute approximate surface area is 120 Å². The van der Waals surface area contributed by atoms with Gasteiger partial charge in [0.2, 0.25) is 5.95 Å². The molecular weight excluding hydrogens is 250 g/mol. The monoisotopic (exact) mass is 273 g/mol. The molecule has 1 N–H and O–H groups in total. The van der Waals surface area contributed by atoms with Crippen molar-refractivity contribution in [3.63, 3.8) is 0 Å². The highest BCUT2D eigenvalue weighted by Gasteiger charge is 2.08. The maximum Gasteiger partial charge on any atom is 0.207 e. The fraction of sp³-hybridized carbons (Fsp3) is 0.438. The van der Waals surface area contributed by atoms with Crippen molar-refractivity contribution in [2.45, 2.75) is 32.7 Å².